The van der Waals surface area contributed by atoms with Gasteiger partial charge in [0.2, 0.25) is 6.29 Å². The molecular weight excluding hydrogens is 176 g/mol. The van der Waals surface area contributed by atoms with Gasteiger partial charge >= 0.3 is 0 Å². The highest BCUT2D eigenvalue weighted by Gasteiger charge is 2.32. The third-order valence-electron chi connectivity index (χ3n) is 2.72. The van der Waals surface area contributed by atoms with Crippen molar-refractivity contribution in [1.29, 1.82) is 0 Å². The van der Waals surface area contributed by atoms with Crippen LogP contribution in [0.15, 0.2) is 0 Å². The summed E-state index contributed by atoms with van der Waals surface area (Å²) in [4.78, 5) is 22.6. The minimum absolute atomic E-state index is 0.0312. The van der Waals surface area contributed by atoms with Crippen molar-refractivity contribution in [1.82, 2.24) is 0 Å². The summed E-state index contributed by atoms with van der Waals surface area (Å²) < 4.78 is 0. The summed E-state index contributed by atoms with van der Waals surface area (Å²) >= 11 is 0. The van der Waals surface area contributed by atoms with E-state index in [1.165, 1.54) is 0 Å². The van der Waals surface area contributed by atoms with E-state index in [-0.39, 0.29) is 5.78 Å². The molecule has 0 saturated carbocycles. The van der Waals surface area contributed by atoms with Crippen LogP contribution in [0.2, 0.25) is 0 Å². The molecule has 0 aromatic heterocycles. The molecule has 1 radical (unpaired) electrons. The van der Waals surface area contributed by atoms with Crippen LogP contribution in [-0.4, -0.2) is 12.1 Å². The Labute approximate surface area is 87.1 Å². The lowest BCUT2D eigenvalue weighted by Gasteiger charge is -2.24. The summed E-state index contributed by atoms with van der Waals surface area (Å²) in [6.45, 7) is 9.77. The summed E-state index contributed by atoms with van der Waals surface area (Å²) in [5, 5.41) is 0. The molecule has 1 unspecified atom stereocenters. The standard InChI is InChI=1S/C12H21O2/c1-6-12(4,5)11(14)10(8-13)7-9(2)3/h9-10H,6-7H2,1-5H3. The average molecular weight is 197 g/mol. The van der Waals surface area contributed by atoms with Crippen molar-refractivity contribution < 1.29 is 9.59 Å². The third-order valence-corrected chi connectivity index (χ3v) is 2.72. The van der Waals surface area contributed by atoms with Gasteiger partial charge in [-0.2, -0.15) is 0 Å². The van der Waals surface area contributed by atoms with E-state index >= 15 is 0 Å². The maximum Gasteiger partial charge on any atom is 0.209 e. The van der Waals surface area contributed by atoms with Gasteiger partial charge in [0.25, 0.3) is 0 Å². The van der Waals surface area contributed by atoms with Crippen LogP contribution in [0.25, 0.3) is 0 Å². The zero-order valence-electron chi connectivity index (χ0n) is 9.89. The van der Waals surface area contributed by atoms with Crippen LogP contribution in [0, 0.1) is 17.3 Å². The van der Waals surface area contributed by atoms with Crippen LogP contribution >= 0.6 is 0 Å². The minimum Gasteiger partial charge on any atom is -0.298 e. The second-order valence-corrected chi connectivity index (χ2v) is 4.90. The molecule has 0 aliphatic carbocycles. The average Bonchev–Trinajstić information content (AvgIpc) is 2.12. The van der Waals surface area contributed by atoms with Gasteiger partial charge in [0, 0.05) is 5.41 Å². The van der Waals surface area contributed by atoms with Gasteiger partial charge in [0.1, 0.15) is 5.78 Å². The lowest BCUT2D eigenvalue weighted by atomic mass is 9.77. The fraction of sp³-hybridized carbons (Fsp3) is 0.833. The van der Waals surface area contributed by atoms with E-state index in [9.17, 15) is 9.59 Å². The Morgan fingerprint density at radius 2 is 1.86 bits per heavy atom. The summed E-state index contributed by atoms with van der Waals surface area (Å²) in [6.07, 6.45) is 3.26. The fourth-order valence-corrected chi connectivity index (χ4v) is 1.33. The Bertz CT molecular complexity index is 204. The molecule has 1 atom stereocenters. The van der Waals surface area contributed by atoms with Crippen LogP contribution in [0.5, 0.6) is 0 Å². The van der Waals surface area contributed by atoms with Gasteiger partial charge in [-0.25, -0.2) is 0 Å². The predicted octanol–water partition coefficient (Wildman–Crippen LogP) is 2.76. The second-order valence-electron chi connectivity index (χ2n) is 4.90. The molecule has 0 N–H and O–H groups in total. The molecule has 0 fully saturated rings. The van der Waals surface area contributed by atoms with Gasteiger partial charge in [-0.05, 0) is 18.8 Å². The largest absolute Gasteiger partial charge is 0.298 e. The zero-order chi connectivity index (χ0) is 11.4. The minimum atomic E-state index is -0.537. The van der Waals surface area contributed by atoms with Crippen LogP contribution in [-0.2, 0) is 9.59 Å². The Balaban J connectivity index is 4.54. The van der Waals surface area contributed by atoms with Crippen LogP contribution < -0.4 is 0 Å². The molecule has 2 nitrogen and oxygen atoms in total. The van der Waals surface area contributed by atoms with E-state index < -0.39 is 11.3 Å². The van der Waals surface area contributed by atoms with Gasteiger partial charge in [-0.3, -0.25) is 9.59 Å². The van der Waals surface area contributed by atoms with E-state index in [2.05, 4.69) is 0 Å². The molecule has 0 aromatic rings. The lowest BCUT2D eigenvalue weighted by molar-refractivity contribution is -0.129. The molecule has 0 rings (SSSR count). The van der Waals surface area contributed by atoms with Crippen LogP contribution in [0.1, 0.15) is 47.5 Å². The van der Waals surface area contributed by atoms with Crippen molar-refractivity contribution in [2.45, 2.75) is 47.5 Å². The molecule has 0 bridgehead atoms. The summed E-state index contributed by atoms with van der Waals surface area (Å²) in [5.41, 5.74) is -0.392. The molecule has 81 valence electrons. The number of hydrogen-bond donors (Lipinski definition) is 0. The maximum atomic E-state index is 11.9. The molecular formula is C12H21O2. The first kappa shape index (κ1) is 13.3. The summed E-state index contributed by atoms with van der Waals surface area (Å²) in [5.74, 6) is -0.147. The Morgan fingerprint density at radius 3 is 2.14 bits per heavy atom. The van der Waals surface area contributed by atoms with E-state index in [0.29, 0.717) is 12.3 Å². The van der Waals surface area contributed by atoms with Crippen molar-refractivity contribution >= 4 is 12.1 Å². The Kier molecular flexibility index (Phi) is 5.03. The normalized spacial score (nSPS) is 14.1. The summed E-state index contributed by atoms with van der Waals surface area (Å²) in [7, 11) is 0. The van der Waals surface area contributed by atoms with Crippen molar-refractivity contribution in [2.24, 2.45) is 17.3 Å². The number of carbonyl (C=O) groups excluding carboxylic acids is 2. The molecule has 0 aliphatic rings. The number of carbonyl (C=O) groups is 1. The molecule has 0 heterocycles. The van der Waals surface area contributed by atoms with Gasteiger partial charge in [-0.15, -0.1) is 0 Å². The predicted molar refractivity (Wildman–Crippen MR) is 57.7 cm³/mol. The number of ketones is 1. The van der Waals surface area contributed by atoms with Crippen LogP contribution in [0.3, 0.4) is 0 Å². The quantitative estimate of drug-likeness (QED) is 0.613. The third kappa shape index (κ3) is 3.60. The molecule has 0 aromatic carbocycles. The van der Waals surface area contributed by atoms with Gasteiger partial charge in [-0.1, -0.05) is 34.6 Å². The molecule has 0 amide bonds. The highest BCUT2D eigenvalue weighted by molar-refractivity contribution is 5.96. The van der Waals surface area contributed by atoms with E-state index in [0.717, 1.165) is 6.42 Å². The van der Waals surface area contributed by atoms with Gasteiger partial charge in [0.05, 0.1) is 5.92 Å². The first-order chi connectivity index (χ1) is 6.35. The molecule has 2 heteroatoms. The summed E-state index contributed by atoms with van der Waals surface area (Å²) in [6, 6.07) is 0. The second kappa shape index (κ2) is 5.28. The Morgan fingerprint density at radius 1 is 1.36 bits per heavy atom. The first-order valence-corrected chi connectivity index (χ1v) is 5.27. The number of hydrogen-bond acceptors (Lipinski definition) is 2. The van der Waals surface area contributed by atoms with E-state index in [4.69, 9.17) is 0 Å². The molecule has 0 spiro atoms. The topological polar surface area (TPSA) is 34.1 Å². The highest BCUT2D eigenvalue weighted by atomic mass is 16.1. The van der Waals surface area contributed by atoms with Gasteiger partial charge < -0.3 is 0 Å². The van der Waals surface area contributed by atoms with Gasteiger partial charge in [0.15, 0.2) is 0 Å². The van der Waals surface area contributed by atoms with Crippen molar-refractivity contribution in [3.63, 3.8) is 0 Å². The molecule has 0 saturated heterocycles. The van der Waals surface area contributed by atoms with Crippen molar-refractivity contribution in [3.8, 4) is 0 Å². The number of rotatable bonds is 6. The van der Waals surface area contributed by atoms with Crippen LogP contribution in [0.4, 0.5) is 0 Å². The smallest absolute Gasteiger partial charge is 0.209 e. The zero-order valence-corrected chi connectivity index (χ0v) is 9.89. The fourth-order valence-electron chi connectivity index (χ4n) is 1.33. The van der Waals surface area contributed by atoms with Crippen molar-refractivity contribution in [3.05, 3.63) is 0 Å². The molecule has 0 aliphatic heterocycles. The van der Waals surface area contributed by atoms with Crippen molar-refractivity contribution in [2.75, 3.05) is 0 Å². The SMILES string of the molecule is CCC(C)(C)C(=O)C([C]=O)CC(C)C. The van der Waals surface area contributed by atoms with E-state index in [1.807, 2.05) is 40.9 Å². The monoisotopic (exact) mass is 197 g/mol. The van der Waals surface area contributed by atoms with E-state index in [1.54, 1.807) is 0 Å². The molecule has 14 heavy (non-hydrogen) atoms. The maximum absolute atomic E-state index is 11.9. The highest BCUT2D eigenvalue weighted by Crippen LogP contribution is 2.27. The lowest BCUT2D eigenvalue weighted by Crippen LogP contribution is -2.32. The Hall–Kier alpha value is -0.660. The number of Topliss-reactive ketones (excluding diaryl/α,β-unsaturated/α-hetero) is 1. The first-order valence-electron chi connectivity index (χ1n) is 5.27.